The Bertz CT molecular complexity index is 765. The van der Waals surface area contributed by atoms with E-state index in [0.29, 0.717) is 17.8 Å². The predicted octanol–water partition coefficient (Wildman–Crippen LogP) is 3.70. The van der Waals surface area contributed by atoms with Crippen LogP contribution < -0.4 is 5.32 Å². The van der Waals surface area contributed by atoms with Crippen LogP contribution in [0.25, 0.3) is 0 Å². The Kier molecular flexibility index (Phi) is 5.99. The molecule has 0 aliphatic heterocycles. The van der Waals surface area contributed by atoms with Crippen molar-refractivity contribution in [1.82, 2.24) is 5.32 Å². The quantitative estimate of drug-likeness (QED) is 0.662. The number of hydrogen-bond donors (Lipinski definition) is 1. The van der Waals surface area contributed by atoms with Crippen molar-refractivity contribution in [3.05, 3.63) is 35.9 Å². The number of hydrogen-bond acceptors (Lipinski definition) is 4. The summed E-state index contributed by atoms with van der Waals surface area (Å²) in [6.07, 6.45) is 6.94. The lowest BCUT2D eigenvalue weighted by atomic mass is 9.48. The summed E-state index contributed by atoms with van der Waals surface area (Å²) in [7, 11) is 0. The lowest BCUT2D eigenvalue weighted by Crippen LogP contribution is -2.51. The molecule has 162 valence electrons. The van der Waals surface area contributed by atoms with E-state index in [2.05, 4.69) is 5.32 Å². The van der Waals surface area contributed by atoms with E-state index in [1.165, 1.54) is 19.3 Å². The molecular formula is C25H33NO4. The molecule has 0 saturated heterocycles. The second-order valence-electron chi connectivity index (χ2n) is 10.2. The highest BCUT2D eigenvalue weighted by Crippen LogP contribution is 2.60. The third-order valence-electron chi connectivity index (χ3n) is 7.42. The first-order valence-corrected chi connectivity index (χ1v) is 11.4. The number of nitrogens with one attached hydrogen (secondary N) is 1. The minimum absolute atomic E-state index is 0.0908. The molecule has 0 spiro atoms. The van der Waals surface area contributed by atoms with Crippen molar-refractivity contribution < 1.29 is 19.1 Å². The number of amides is 1. The molecule has 4 aliphatic rings. The maximum atomic E-state index is 13.1. The Morgan fingerprint density at radius 2 is 1.57 bits per heavy atom. The number of ether oxygens (including phenoxy) is 1. The number of carbonyl (C=O) groups excluding carboxylic acids is 3. The van der Waals surface area contributed by atoms with Gasteiger partial charge in [-0.15, -0.1) is 0 Å². The second kappa shape index (κ2) is 8.52. The van der Waals surface area contributed by atoms with Crippen LogP contribution in [0.1, 0.15) is 57.9 Å². The van der Waals surface area contributed by atoms with Crippen LogP contribution in [-0.2, 0) is 25.5 Å². The Morgan fingerprint density at radius 3 is 2.10 bits per heavy atom. The third kappa shape index (κ3) is 4.45. The van der Waals surface area contributed by atoms with Crippen LogP contribution in [-0.4, -0.2) is 30.3 Å². The number of benzene rings is 1. The molecule has 4 bridgehead atoms. The van der Waals surface area contributed by atoms with Gasteiger partial charge >= 0.3 is 5.97 Å². The first-order chi connectivity index (χ1) is 14.3. The summed E-state index contributed by atoms with van der Waals surface area (Å²) in [4.78, 5) is 38.2. The fraction of sp³-hybridized carbons (Fsp3) is 0.640. The number of esters is 1. The summed E-state index contributed by atoms with van der Waals surface area (Å²) in [5.41, 5.74) is 0.627. The molecule has 4 fully saturated rings. The van der Waals surface area contributed by atoms with Crippen molar-refractivity contribution in [3.63, 3.8) is 0 Å². The molecule has 1 aromatic rings. The Hall–Kier alpha value is -2.17. The van der Waals surface area contributed by atoms with Crippen LogP contribution in [0.5, 0.6) is 0 Å². The van der Waals surface area contributed by atoms with Crippen molar-refractivity contribution in [1.29, 1.82) is 0 Å². The summed E-state index contributed by atoms with van der Waals surface area (Å²) in [6, 6.07) is 8.68. The maximum Gasteiger partial charge on any atom is 0.329 e. The van der Waals surface area contributed by atoms with Gasteiger partial charge in [-0.1, -0.05) is 44.2 Å². The summed E-state index contributed by atoms with van der Waals surface area (Å²) >= 11 is 0. The van der Waals surface area contributed by atoms with E-state index in [1.54, 1.807) is 0 Å². The number of carbonyl (C=O) groups is 3. The van der Waals surface area contributed by atoms with Crippen LogP contribution in [0, 0.1) is 29.1 Å². The van der Waals surface area contributed by atoms with Crippen LogP contribution in [0.3, 0.4) is 0 Å². The molecule has 1 N–H and O–H groups in total. The summed E-state index contributed by atoms with van der Waals surface area (Å²) < 4.78 is 5.46. The standard InChI is InChI=1S/C25H33NO4/c1-16(2)23(26-22(28)11-17-6-4-3-5-7-17)24(29)30-15-21(27)25-12-18-8-19(13-25)10-20(9-18)14-25/h3-7,16,18-20,23H,8-15H2,1-2H3,(H,26,28)/t18?,19?,20?,23-,25?/m0/s1. The van der Waals surface area contributed by atoms with Crippen LogP contribution in [0.2, 0.25) is 0 Å². The smallest absolute Gasteiger partial charge is 0.329 e. The lowest BCUT2D eigenvalue weighted by Gasteiger charge is -2.55. The van der Waals surface area contributed by atoms with Crippen molar-refractivity contribution in [3.8, 4) is 0 Å². The zero-order valence-electron chi connectivity index (χ0n) is 18.1. The Balaban J connectivity index is 1.32. The molecule has 5 heteroatoms. The summed E-state index contributed by atoms with van der Waals surface area (Å²) in [5.74, 6) is 1.28. The first-order valence-electron chi connectivity index (χ1n) is 11.4. The van der Waals surface area contributed by atoms with Crippen molar-refractivity contribution in [2.24, 2.45) is 29.1 Å². The minimum atomic E-state index is -0.745. The molecule has 4 saturated carbocycles. The van der Waals surface area contributed by atoms with E-state index in [4.69, 9.17) is 4.74 Å². The SMILES string of the molecule is CC(C)[C@H](NC(=O)Cc1ccccc1)C(=O)OCC(=O)C12CC3CC(CC(C3)C1)C2. The van der Waals surface area contributed by atoms with Gasteiger partial charge in [-0.2, -0.15) is 0 Å². The van der Waals surface area contributed by atoms with Gasteiger partial charge in [-0.05, 0) is 67.8 Å². The molecule has 30 heavy (non-hydrogen) atoms. The van der Waals surface area contributed by atoms with Gasteiger partial charge in [-0.25, -0.2) is 4.79 Å². The van der Waals surface area contributed by atoms with Crippen LogP contribution in [0.15, 0.2) is 30.3 Å². The molecule has 1 amide bonds. The topological polar surface area (TPSA) is 72.5 Å². The van der Waals surface area contributed by atoms with Gasteiger partial charge in [0.25, 0.3) is 0 Å². The third-order valence-corrected chi connectivity index (χ3v) is 7.42. The molecule has 5 nitrogen and oxygen atoms in total. The van der Waals surface area contributed by atoms with E-state index in [0.717, 1.165) is 24.8 Å². The normalized spacial score (nSPS) is 30.2. The van der Waals surface area contributed by atoms with E-state index < -0.39 is 12.0 Å². The molecule has 5 rings (SSSR count). The second-order valence-corrected chi connectivity index (χ2v) is 10.2. The Labute approximate surface area is 178 Å². The van der Waals surface area contributed by atoms with Crippen molar-refractivity contribution >= 4 is 17.7 Å². The summed E-state index contributed by atoms with van der Waals surface area (Å²) in [6.45, 7) is 3.58. The molecule has 0 unspecified atom stereocenters. The van der Waals surface area contributed by atoms with Gasteiger partial charge in [0.1, 0.15) is 6.04 Å². The zero-order valence-corrected chi connectivity index (χ0v) is 18.1. The molecule has 4 aliphatic carbocycles. The number of Topliss-reactive ketones (excluding diaryl/α,β-unsaturated/α-hetero) is 1. The van der Waals surface area contributed by atoms with Gasteiger partial charge in [0, 0.05) is 5.41 Å². The van der Waals surface area contributed by atoms with E-state index >= 15 is 0 Å². The van der Waals surface area contributed by atoms with E-state index in [1.807, 2.05) is 44.2 Å². The zero-order chi connectivity index (χ0) is 21.3. The fourth-order valence-electron chi connectivity index (χ4n) is 6.34. The highest BCUT2D eigenvalue weighted by Gasteiger charge is 2.54. The highest BCUT2D eigenvalue weighted by atomic mass is 16.5. The lowest BCUT2D eigenvalue weighted by molar-refractivity contribution is -0.160. The molecule has 0 radical (unpaired) electrons. The molecular weight excluding hydrogens is 378 g/mol. The molecule has 0 aromatic heterocycles. The van der Waals surface area contributed by atoms with Crippen LogP contribution in [0.4, 0.5) is 0 Å². The van der Waals surface area contributed by atoms with E-state index in [9.17, 15) is 14.4 Å². The largest absolute Gasteiger partial charge is 0.456 e. The van der Waals surface area contributed by atoms with Crippen LogP contribution >= 0.6 is 0 Å². The number of ketones is 1. The first kappa shape index (κ1) is 21.1. The summed E-state index contributed by atoms with van der Waals surface area (Å²) in [5, 5.41) is 2.80. The molecule has 1 aromatic carbocycles. The van der Waals surface area contributed by atoms with Gasteiger partial charge < -0.3 is 10.1 Å². The van der Waals surface area contributed by atoms with Gasteiger partial charge in [0.2, 0.25) is 5.91 Å². The van der Waals surface area contributed by atoms with Crippen molar-refractivity contribution in [2.75, 3.05) is 6.61 Å². The van der Waals surface area contributed by atoms with Gasteiger partial charge in [0.15, 0.2) is 12.4 Å². The average molecular weight is 412 g/mol. The predicted molar refractivity (Wildman–Crippen MR) is 113 cm³/mol. The van der Waals surface area contributed by atoms with Gasteiger partial charge in [-0.3, -0.25) is 9.59 Å². The minimum Gasteiger partial charge on any atom is -0.456 e. The van der Waals surface area contributed by atoms with Gasteiger partial charge in [0.05, 0.1) is 6.42 Å². The maximum absolute atomic E-state index is 13.1. The fourth-order valence-corrected chi connectivity index (χ4v) is 6.34. The number of rotatable bonds is 8. The van der Waals surface area contributed by atoms with E-state index in [-0.39, 0.29) is 36.1 Å². The monoisotopic (exact) mass is 411 g/mol. The van der Waals surface area contributed by atoms with Crippen molar-refractivity contribution in [2.45, 2.75) is 64.8 Å². The average Bonchev–Trinajstić information content (AvgIpc) is 2.69. The highest BCUT2D eigenvalue weighted by molar-refractivity contribution is 5.90. The molecule has 0 heterocycles. The Morgan fingerprint density at radius 1 is 1.00 bits per heavy atom. The molecule has 1 atom stereocenters.